The van der Waals surface area contributed by atoms with Crippen LogP contribution in [0.1, 0.15) is 0 Å². The summed E-state index contributed by atoms with van der Waals surface area (Å²) in [6.07, 6.45) is -0.537. The lowest BCUT2D eigenvalue weighted by atomic mass is 10.3. The van der Waals surface area contributed by atoms with E-state index in [0.717, 1.165) is 10.2 Å². The fraction of sp³-hybridized carbons (Fsp3) is 0.400. The van der Waals surface area contributed by atoms with E-state index in [1.807, 2.05) is 12.1 Å². The van der Waals surface area contributed by atoms with Crippen molar-refractivity contribution in [3.05, 3.63) is 27.7 Å². The number of nitrogens with one attached hydrogen (secondary N) is 1. The first-order valence-corrected chi connectivity index (χ1v) is 5.66. The monoisotopic (exact) mass is 293 g/mol. The van der Waals surface area contributed by atoms with Crippen LogP contribution in [0.5, 0.6) is 0 Å². The van der Waals surface area contributed by atoms with Gasteiger partial charge in [-0.1, -0.05) is 27.5 Å². The average molecular weight is 295 g/mol. The Morgan fingerprint density at radius 3 is 3.00 bits per heavy atom. The normalized spacial score (nSPS) is 12.5. The molecular weight excluding hydrogens is 281 g/mol. The van der Waals surface area contributed by atoms with E-state index in [1.165, 1.54) is 0 Å². The molecule has 0 spiro atoms. The van der Waals surface area contributed by atoms with Crippen molar-refractivity contribution in [3.63, 3.8) is 0 Å². The van der Waals surface area contributed by atoms with Crippen LogP contribution in [-0.4, -0.2) is 31.5 Å². The summed E-state index contributed by atoms with van der Waals surface area (Å²) in [6.45, 7) is 0.711. The summed E-state index contributed by atoms with van der Waals surface area (Å²) >= 11 is 9.31. The van der Waals surface area contributed by atoms with Gasteiger partial charge in [-0.05, 0) is 18.2 Å². The van der Waals surface area contributed by atoms with Gasteiger partial charge in [0, 0.05) is 18.1 Å². The summed E-state index contributed by atoms with van der Waals surface area (Å²) < 4.78 is 5.75. The minimum atomic E-state index is -0.537. The lowest BCUT2D eigenvalue weighted by Gasteiger charge is -2.13. The number of rotatable bonds is 5. The van der Waals surface area contributed by atoms with Crippen LogP contribution in [0.25, 0.3) is 0 Å². The highest BCUT2D eigenvalue weighted by Gasteiger charge is 2.05. The Labute approximate surface area is 103 Å². The first-order chi connectivity index (χ1) is 7.13. The summed E-state index contributed by atoms with van der Waals surface area (Å²) in [5.41, 5.74) is 0.793. The SMILES string of the molecule is COCC(O)CNc1cc(Br)ccc1Cl. The van der Waals surface area contributed by atoms with E-state index in [1.54, 1.807) is 13.2 Å². The maximum absolute atomic E-state index is 9.43. The van der Waals surface area contributed by atoms with Crippen molar-refractivity contribution in [2.45, 2.75) is 6.10 Å². The average Bonchev–Trinajstić information content (AvgIpc) is 2.20. The second-order valence-electron chi connectivity index (χ2n) is 3.11. The molecule has 0 heterocycles. The molecule has 3 nitrogen and oxygen atoms in total. The molecule has 0 aliphatic carbocycles. The number of ether oxygens (including phenoxy) is 1. The third-order valence-corrected chi connectivity index (χ3v) is 2.64. The molecule has 15 heavy (non-hydrogen) atoms. The Morgan fingerprint density at radius 2 is 2.33 bits per heavy atom. The molecule has 0 aromatic heterocycles. The van der Waals surface area contributed by atoms with Crippen molar-refractivity contribution in [1.82, 2.24) is 0 Å². The maximum Gasteiger partial charge on any atom is 0.0945 e. The zero-order valence-corrected chi connectivity index (χ0v) is 10.7. The lowest BCUT2D eigenvalue weighted by molar-refractivity contribution is 0.0727. The summed E-state index contributed by atoms with van der Waals surface area (Å²) in [5, 5.41) is 13.1. The molecule has 0 saturated carbocycles. The van der Waals surface area contributed by atoms with Gasteiger partial charge in [0.15, 0.2) is 0 Å². The van der Waals surface area contributed by atoms with Gasteiger partial charge in [-0.15, -0.1) is 0 Å². The maximum atomic E-state index is 9.43. The number of anilines is 1. The Morgan fingerprint density at radius 1 is 1.60 bits per heavy atom. The van der Waals surface area contributed by atoms with Crippen molar-refractivity contribution in [1.29, 1.82) is 0 Å². The molecule has 1 atom stereocenters. The van der Waals surface area contributed by atoms with Crippen LogP contribution < -0.4 is 5.32 Å². The molecule has 0 radical (unpaired) electrons. The van der Waals surface area contributed by atoms with Crippen LogP contribution >= 0.6 is 27.5 Å². The van der Waals surface area contributed by atoms with Gasteiger partial charge < -0.3 is 15.2 Å². The first-order valence-electron chi connectivity index (χ1n) is 4.49. The zero-order chi connectivity index (χ0) is 11.3. The number of methoxy groups -OCH3 is 1. The van der Waals surface area contributed by atoms with Gasteiger partial charge in [0.1, 0.15) is 0 Å². The molecule has 5 heteroatoms. The predicted molar refractivity (Wildman–Crippen MR) is 65.5 cm³/mol. The van der Waals surface area contributed by atoms with Gasteiger partial charge in [0.25, 0.3) is 0 Å². The highest BCUT2D eigenvalue weighted by atomic mass is 79.9. The standard InChI is InChI=1S/C10H13BrClNO2/c1-15-6-8(14)5-13-10-4-7(11)2-3-9(10)12/h2-4,8,13-14H,5-6H2,1H3. The van der Waals surface area contributed by atoms with E-state index in [4.69, 9.17) is 16.3 Å². The molecule has 1 aromatic carbocycles. The van der Waals surface area contributed by atoms with E-state index in [0.29, 0.717) is 18.2 Å². The number of aliphatic hydroxyl groups excluding tert-OH is 1. The number of halogens is 2. The van der Waals surface area contributed by atoms with Crippen molar-refractivity contribution in [3.8, 4) is 0 Å². The summed E-state index contributed by atoms with van der Waals surface area (Å²) in [5.74, 6) is 0. The third-order valence-electron chi connectivity index (χ3n) is 1.82. The lowest BCUT2D eigenvalue weighted by Crippen LogP contribution is -2.24. The Hall–Kier alpha value is -0.290. The van der Waals surface area contributed by atoms with Gasteiger partial charge in [-0.25, -0.2) is 0 Å². The van der Waals surface area contributed by atoms with Crippen LogP contribution in [0, 0.1) is 0 Å². The molecule has 1 rings (SSSR count). The summed E-state index contributed by atoms with van der Waals surface area (Å²) in [6, 6.07) is 5.51. The van der Waals surface area contributed by atoms with Gasteiger partial charge in [0.2, 0.25) is 0 Å². The zero-order valence-electron chi connectivity index (χ0n) is 8.34. The van der Waals surface area contributed by atoms with Gasteiger partial charge in [0.05, 0.1) is 23.4 Å². The van der Waals surface area contributed by atoms with Gasteiger partial charge >= 0.3 is 0 Å². The van der Waals surface area contributed by atoms with E-state index < -0.39 is 6.10 Å². The molecule has 2 N–H and O–H groups in total. The highest BCUT2D eigenvalue weighted by Crippen LogP contribution is 2.25. The molecule has 0 bridgehead atoms. The van der Waals surface area contributed by atoms with E-state index >= 15 is 0 Å². The molecule has 0 aliphatic rings. The van der Waals surface area contributed by atoms with Crippen LogP contribution in [0.15, 0.2) is 22.7 Å². The second-order valence-corrected chi connectivity index (χ2v) is 4.44. The topological polar surface area (TPSA) is 41.5 Å². The van der Waals surface area contributed by atoms with Crippen molar-refractivity contribution < 1.29 is 9.84 Å². The second kappa shape index (κ2) is 6.33. The van der Waals surface area contributed by atoms with Crippen molar-refractivity contribution >= 4 is 33.2 Å². The predicted octanol–water partition coefficient (Wildman–Crippen LogP) is 2.52. The number of benzene rings is 1. The van der Waals surface area contributed by atoms with Crippen LogP contribution in [0.4, 0.5) is 5.69 Å². The smallest absolute Gasteiger partial charge is 0.0945 e. The molecule has 84 valence electrons. The minimum absolute atomic E-state index is 0.304. The molecule has 0 aliphatic heterocycles. The van der Waals surface area contributed by atoms with Crippen LogP contribution in [0.2, 0.25) is 5.02 Å². The van der Waals surface area contributed by atoms with Crippen molar-refractivity contribution in [2.24, 2.45) is 0 Å². The number of hydrogen-bond donors (Lipinski definition) is 2. The minimum Gasteiger partial charge on any atom is -0.389 e. The number of hydrogen-bond acceptors (Lipinski definition) is 3. The van der Waals surface area contributed by atoms with Gasteiger partial charge in [-0.3, -0.25) is 0 Å². The van der Waals surface area contributed by atoms with E-state index in [9.17, 15) is 5.11 Å². The first kappa shape index (κ1) is 12.8. The molecular formula is C10H13BrClNO2. The molecule has 0 amide bonds. The fourth-order valence-electron chi connectivity index (χ4n) is 1.11. The Bertz CT molecular complexity index is 322. The summed E-state index contributed by atoms with van der Waals surface area (Å²) in [7, 11) is 1.55. The highest BCUT2D eigenvalue weighted by molar-refractivity contribution is 9.10. The van der Waals surface area contributed by atoms with Crippen molar-refractivity contribution in [2.75, 3.05) is 25.6 Å². The van der Waals surface area contributed by atoms with Crippen LogP contribution in [0.3, 0.4) is 0 Å². The van der Waals surface area contributed by atoms with Gasteiger partial charge in [-0.2, -0.15) is 0 Å². The quantitative estimate of drug-likeness (QED) is 0.877. The fourth-order valence-corrected chi connectivity index (χ4v) is 1.66. The molecule has 1 unspecified atom stereocenters. The molecule has 0 fully saturated rings. The Kier molecular flexibility index (Phi) is 5.39. The third kappa shape index (κ3) is 4.38. The summed E-state index contributed by atoms with van der Waals surface area (Å²) in [4.78, 5) is 0. The molecule has 0 saturated heterocycles. The van der Waals surface area contributed by atoms with E-state index in [2.05, 4.69) is 21.2 Å². The number of aliphatic hydroxyl groups is 1. The van der Waals surface area contributed by atoms with Crippen LogP contribution in [-0.2, 0) is 4.74 Å². The largest absolute Gasteiger partial charge is 0.389 e. The molecule has 1 aromatic rings. The Balaban J connectivity index is 2.53. The van der Waals surface area contributed by atoms with E-state index in [-0.39, 0.29) is 0 Å².